The van der Waals surface area contributed by atoms with E-state index in [4.69, 9.17) is 0 Å². The van der Waals surface area contributed by atoms with Crippen LogP contribution in [0.3, 0.4) is 0 Å². The van der Waals surface area contributed by atoms with E-state index in [1.807, 2.05) is 12.1 Å². The van der Waals surface area contributed by atoms with Crippen LogP contribution in [0.25, 0.3) is 0 Å². The minimum atomic E-state index is -0.378. The summed E-state index contributed by atoms with van der Waals surface area (Å²) in [5, 5.41) is 30.2. The fraction of sp³-hybridized carbons (Fsp3) is 0.458. The van der Waals surface area contributed by atoms with E-state index in [1.54, 1.807) is 30.3 Å². The molecule has 1 heterocycles. The molecule has 1 aliphatic carbocycles. The Morgan fingerprint density at radius 1 is 1.03 bits per heavy atom. The number of urea groups is 1. The van der Waals surface area contributed by atoms with Crippen LogP contribution >= 0.6 is 0 Å². The highest BCUT2D eigenvalue weighted by Crippen LogP contribution is 2.25. The number of anilines is 2. The van der Waals surface area contributed by atoms with Crippen molar-refractivity contribution in [3.05, 3.63) is 58.6 Å². The highest BCUT2D eigenvalue weighted by atomic mass is 16.6. The topological polar surface area (TPSA) is 120 Å². The Hall–Kier alpha value is -3.33. The first-order valence-corrected chi connectivity index (χ1v) is 11.6. The molecule has 0 bridgehead atoms. The number of non-ortho nitro benzene ring substituents is 1. The number of benzene rings is 2. The fourth-order valence-electron chi connectivity index (χ4n) is 4.86. The Morgan fingerprint density at radius 3 is 2.52 bits per heavy atom. The molecule has 0 spiro atoms. The molecule has 2 fully saturated rings. The van der Waals surface area contributed by atoms with Crippen molar-refractivity contribution in [2.45, 2.75) is 56.7 Å². The van der Waals surface area contributed by atoms with E-state index in [9.17, 15) is 20.0 Å². The molecule has 9 nitrogen and oxygen atoms in total. The molecule has 9 heteroatoms. The van der Waals surface area contributed by atoms with E-state index < -0.39 is 0 Å². The molecule has 1 saturated heterocycles. The van der Waals surface area contributed by atoms with Crippen molar-refractivity contribution in [1.82, 2.24) is 10.6 Å². The van der Waals surface area contributed by atoms with E-state index in [-0.39, 0.29) is 40.5 Å². The zero-order valence-electron chi connectivity index (χ0n) is 18.6. The first-order valence-electron chi connectivity index (χ1n) is 11.6. The Kier molecular flexibility index (Phi) is 7.29. The number of nitrogens with one attached hydrogen (secondary N) is 3. The third-order valence-electron chi connectivity index (χ3n) is 6.48. The number of carbonyl (C=O) groups excluding carboxylic acids is 1. The summed E-state index contributed by atoms with van der Waals surface area (Å²) in [6.45, 7) is 1.76. The zero-order chi connectivity index (χ0) is 23.2. The van der Waals surface area contributed by atoms with Gasteiger partial charge in [0.25, 0.3) is 5.69 Å². The first kappa shape index (κ1) is 22.8. The largest absolute Gasteiger partial charge is 0.508 e. The number of phenols is 1. The summed E-state index contributed by atoms with van der Waals surface area (Å²) in [6, 6.07) is 13.5. The number of carbonyl (C=O) groups is 1. The van der Waals surface area contributed by atoms with Gasteiger partial charge in [0, 0.05) is 60.8 Å². The van der Waals surface area contributed by atoms with Crippen molar-refractivity contribution in [1.29, 1.82) is 0 Å². The number of nitrogens with zero attached hydrogens (tertiary/aromatic N) is 2. The van der Waals surface area contributed by atoms with Gasteiger partial charge in [-0.25, -0.2) is 4.79 Å². The number of amides is 2. The van der Waals surface area contributed by atoms with Crippen molar-refractivity contribution >= 4 is 23.1 Å². The summed E-state index contributed by atoms with van der Waals surface area (Å²) in [6.07, 6.45) is 6.23. The van der Waals surface area contributed by atoms with Crippen LogP contribution in [0.5, 0.6) is 5.75 Å². The maximum absolute atomic E-state index is 12.6. The molecule has 2 amide bonds. The smallest absolute Gasteiger partial charge is 0.319 e. The van der Waals surface area contributed by atoms with Crippen molar-refractivity contribution in [2.75, 3.05) is 23.3 Å². The molecule has 0 aromatic heterocycles. The van der Waals surface area contributed by atoms with E-state index in [0.29, 0.717) is 5.69 Å². The van der Waals surface area contributed by atoms with Crippen molar-refractivity contribution in [2.24, 2.45) is 0 Å². The Morgan fingerprint density at radius 2 is 1.79 bits per heavy atom. The van der Waals surface area contributed by atoms with Gasteiger partial charge in [-0.3, -0.25) is 10.1 Å². The van der Waals surface area contributed by atoms with Gasteiger partial charge in [-0.2, -0.15) is 0 Å². The van der Waals surface area contributed by atoms with Gasteiger partial charge in [-0.05, 0) is 49.9 Å². The van der Waals surface area contributed by atoms with Gasteiger partial charge in [0.1, 0.15) is 5.75 Å². The fourth-order valence-corrected chi connectivity index (χ4v) is 4.86. The third-order valence-corrected chi connectivity index (χ3v) is 6.48. The normalized spacial score (nSPS) is 23.0. The van der Waals surface area contributed by atoms with E-state index in [0.717, 1.165) is 57.3 Å². The first-order chi connectivity index (χ1) is 16.0. The minimum Gasteiger partial charge on any atom is -0.508 e. The molecule has 3 atom stereocenters. The molecule has 4 rings (SSSR count). The van der Waals surface area contributed by atoms with Crippen LogP contribution in [0.2, 0.25) is 0 Å². The molecular weight excluding hydrogens is 422 g/mol. The van der Waals surface area contributed by atoms with Crippen LogP contribution in [0, 0.1) is 10.1 Å². The monoisotopic (exact) mass is 453 g/mol. The van der Waals surface area contributed by atoms with Gasteiger partial charge in [0.15, 0.2) is 0 Å². The van der Waals surface area contributed by atoms with Crippen LogP contribution in [-0.2, 0) is 0 Å². The Bertz CT molecular complexity index is 968. The molecule has 0 radical (unpaired) electrons. The number of hydrogen-bond acceptors (Lipinski definition) is 6. The maximum atomic E-state index is 12.6. The van der Waals surface area contributed by atoms with E-state index in [2.05, 4.69) is 20.9 Å². The summed E-state index contributed by atoms with van der Waals surface area (Å²) in [4.78, 5) is 25.4. The second kappa shape index (κ2) is 10.5. The van der Waals surface area contributed by atoms with Crippen LogP contribution in [0.15, 0.2) is 48.5 Å². The second-order valence-electron chi connectivity index (χ2n) is 8.87. The van der Waals surface area contributed by atoms with Gasteiger partial charge in [0.05, 0.1) is 4.92 Å². The number of phenolic OH excluding ortho intramolecular Hbond substituents is 1. The van der Waals surface area contributed by atoms with Crippen LogP contribution < -0.4 is 20.9 Å². The van der Waals surface area contributed by atoms with Crippen molar-refractivity contribution in [3.63, 3.8) is 0 Å². The average Bonchev–Trinajstić information content (AvgIpc) is 2.80. The standard InChI is InChI=1S/C24H31N5O4/c30-21-7-3-5-17(15-21)26-24(31)27-23-9-2-1-8-22(23)25-18-6-4-14-28(16-18)19-10-12-20(13-11-19)29(32)33/h3,5,7,10-13,15,18,22-23,25,30H,1-2,4,6,8-9,14,16H2,(H2,26,27,31)/t18?,22-,23-/m1/s1. The lowest BCUT2D eigenvalue weighted by Crippen LogP contribution is -2.57. The summed E-state index contributed by atoms with van der Waals surface area (Å²) in [5.74, 6) is 0.111. The minimum absolute atomic E-state index is 0.0332. The highest BCUT2D eigenvalue weighted by Gasteiger charge is 2.30. The van der Waals surface area contributed by atoms with Crippen LogP contribution in [0.4, 0.5) is 21.9 Å². The number of hydrogen-bond donors (Lipinski definition) is 4. The molecule has 1 unspecified atom stereocenters. The Labute approximate surface area is 193 Å². The number of aromatic hydroxyl groups is 1. The Balaban J connectivity index is 1.34. The third kappa shape index (κ3) is 6.13. The molecule has 1 saturated carbocycles. The maximum Gasteiger partial charge on any atom is 0.319 e. The molecule has 2 aromatic rings. The van der Waals surface area contributed by atoms with Gasteiger partial charge < -0.3 is 26.0 Å². The molecule has 1 aliphatic heterocycles. The predicted molar refractivity (Wildman–Crippen MR) is 128 cm³/mol. The van der Waals surface area contributed by atoms with E-state index in [1.165, 1.54) is 6.07 Å². The zero-order valence-corrected chi connectivity index (χ0v) is 18.6. The summed E-state index contributed by atoms with van der Waals surface area (Å²) in [7, 11) is 0. The SMILES string of the molecule is O=C(Nc1cccc(O)c1)N[C@@H]1CCCC[C@H]1NC1CCCN(c2ccc([N+](=O)[O-])cc2)C1. The van der Waals surface area contributed by atoms with Gasteiger partial charge in [-0.15, -0.1) is 0 Å². The summed E-state index contributed by atoms with van der Waals surface area (Å²) >= 11 is 0. The number of nitro benzene ring substituents is 1. The molecule has 33 heavy (non-hydrogen) atoms. The second-order valence-corrected chi connectivity index (χ2v) is 8.87. The van der Waals surface area contributed by atoms with Crippen molar-refractivity contribution in [3.8, 4) is 5.75 Å². The molecule has 2 aromatic carbocycles. The summed E-state index contributed by atoms with van der Waals surface area (Å²) in [5.41, 5.74) is 1.65. The van der Waals surface area contributed by atoms with Crippen molar-refractivity contribution < 1.29 is 14.8 Å². The summed E-state index contributed by atoms with van der Waals surface area (Å²) < 4.78 is 0. The number of rotatable bonds is 6. The highest BCUT2D eigenvalue weighted by molar-refractivity contribution is 5.89. The lowest BCUT2D eigenvalue weighted by atomic mass is 9.89. The molecule has 176 valence electrons. The van der Waals surface area contributed by atoms with E-state index >= 15 is 0 Å². The number of piperidine rings is 1. The molecule has 2 aliphatic rings. The number of nitro groups is 1. The predicted octanol–water partition coefficient (Wildman–Crippen LogP) is 3.99. The van der Waals surface area contributed by atoms with Crippen LogP contribution in [-0.4, -0.2) is 47.3 Å². The average molecular weight is 454 g/mol. The molecule has 4 N–H and O–H groups in total. The quantitative estimate of drug-likeness (QED) is 0.388. The van der Waals surface area contributed by atoms with Gasteiger partial charge in [-0.1, -0.05) is 18.9 Å². The van der Waals surface area contributed by atoms with Crippen LogP contribution in [0.1, 0.15) is 38.5 Å². The van der Waals surface area contributed by atoms with Gasteiger partial charge in [0.2, 0.25) is 0 Å². The lowest BCUT2D eigenvalue weighted by molar-refractivity contribution is -0.384. The van der Waals surface area contributed by atoms with Gasteiger partial charge >= 0.3 is 6.03 Å². The molecular formula is C24H31N5O4. The lowest BCUT2D eigenvalue weighted by Gasteiger charge is -2.40.